The van der Waals surface area contributed by atoms with E-state index in [9.17, 15) is 4.79 Å². The molecule has 0 radical (unpaired) electrons. The number of hydrogen-bond donors (Lipinski definition) is 2. The average molecular weight is 438 g/mol. The van der Waals surface area contributed by atoms with Crippen molar-refractivity contribution in [3.63, 3.8) is 0 Å². The summed E-state index contributed by atoms with van der Waals surface area (Å²) in [7, 11) is 1.69. The maximum absolute atomic E-state index is 13.0. The van der Waals surface area contributed by atoms with Crippen molar-refractivity contribution >= 4 is 5.91 Å². The number of rotatable bonds is 13. The van der Waals surface area contributed by atoms with Gasteiger partial charge in [-0.3, -0.25) is 9.69 Å². The Bertz CT molecular complexity index is 794. The van der Waals surface area contributed by atoms with Crippen LogP contribution in [-0.2, 0) is 17.8 Å². The summed E-state index contributed by atoms with van der Waals surface area (Å²) in [6.45, 7) is 5.65. The summed E-state index contributed by atoms with van der Waals surface area (Å²) in [4.78, 5) is 15.4. The maximum atomic E-state index is 13.0. The van der Waals surface area contributed by atoms with Gasteiger partial charge in [0.2, 0.25) is 5.91 Å². The van der Waals surface area contributed by atoms with Gasteiger partial charge in [0.15, 0.2) is 0 Å². The van der Waals surface area contributed by atoms with E-state index in [1.807, 2.05) is 30.3 Å². The lowest BCUT2D eigenvalue weighted by molar-refractivity contribution is -0.125. The molecule has 2 aromatic rings. The van der Waals surface area contributed by atoms with Crippen LogP contribution in [0.3, 0.4) is 0 Å². The summed E-state index contributed by atoms with van der Waals surface area (Å²) in [5, 5.41) is 6.86. The molecule has 32 heavy (non-hydrogen) atoms. The third-order valence-corrected chi connectivity index (χ3v) is 6.31. The lowest BCUT2D eigenvalue weighted by Crippen LogP contribution is -2.44. The highest BCUT2D eigenvalue weighted by atomic mass is 16.5. The minimum absolute atomic E-state index is 0.0410. The Morgan fingerprint density at radius 3 is 2.53 bits per heavy atom. The van der Waals surface area contributed by atoms with Gasteiger partial charge in [0, 0.05) is 25.7 Å². The second-order valence-corrected chi connectivity index (χ2v) is 8.76. The lowest BCUT2D eigenvalue weighted by Gasteiger charge is -2.23. The minimum atomic E-state index is -0.0410. The van der Waals surface area contributed by atoms with E-state index in [-0.39, 0.29) is 11.9 Å². The molecule has 0 bridgehead atoms. The molecule has 0 unspecified atom stereocenters. The first-order valence-electron chi connectivity index (χ1n) is 12.1. The molecule has 174 valence electrons. The predicted molar refractivity (Wildman–Crippen MR) is 131 cm³/mol. The Hall–Kier alpha value is -2.37. The van der Waals surface area contributed by atoms with Gasteiger partial charge in [-0.1, -0.05) is 68.7 Å². The number of benzene rings is 2. The van der Waals surface area contributed by atoms with E-state index in [2.05, 4.69) is 46.7 Å². The number of hydrogen-bond acceptors (Lipinski definition) is 4. The molecule has 2 N–H and O–H groups in total. The van der Waals surface area contributed by atoms with Gasteiger partial charge in [-0.25, -0.2) is 0 Å². The van der Waals surface area contributed by atoms with E-state index in [0.29, 0.717) is 12.6 Å². The molecule has 1 amide bonds. The summed E-state index contributed by atoms with van der Waals surface area (Å²) in [5.74, 6) is 1.05. The average Bonchev–Trinajstić information content (AvgIpc) is 3.24. The molecule has 0 aromatic heterocycles. The van der Waals surface area contributed by atoms with Gasteiger partial charge >= 0.3 is 0 Å². The van der Waals surface area contributed by atoms with Crippen molar-refractivity contribution in [3.05, 3.63) is 65.7 Å². The van der Waals surface area contributed by atoms with Gasteiger partial charge in [0.1, 0.15) is 5.75 Å². The molecule has 1 aliphatic heterocycles. The van der Waals surface area contributed by atoms with Gasteiger partial charge in [0.05, 0.1) is 13.2 Å². The van der Waals surface area contributed by atoms with Crippen LogP contribution in [0.15, 0.2) is 54.6 Å². The standard InChI is InChI=1S/C27H39N3O2/c1-3-4-5-9-18-30-21-24(29-20-23-12-14-25(32-2)15-13-23)19-26(30)27(31)28-17-16-22-10-7-6-8-11-22/h6-8,10-15,24,26,29H,3-5,9,16-21H2,1-2H3,(H,28,31)/t24-,26-/m0/s1. The molecule has 5 nitrogen and oxygen atoms in total. The van der Waals surface area contributed by atoms with Gasteiger partial charge in [0.25, 0.3) is 0 Å². The Morgan fingerprint density at radius 2 is 1.81 bits per heavy atom. The molecule has 3 rings (SSSR count). The quantitative estimate of drug-likeness (QED) is 0.462. The van der Waals surface area contributed by atoms with Gasteiger partial charge < -0.3 is 15.4 Å². The van der Waals surface area contributed by atoms with Crippen molar-refractivity contribution in [1.82, 2.24) is 15.5 Å². The molecule has 1 aliphatic rings. The highest BCUT2D eigenvalue weighted by molar-refractivity contribution is 5.82. The zero-order valence-corrected chi connectivity index (χ0v) is 19.7. The Morgan fingerprint density at radius 1 is 1.03 bits per heavy atom. The molecule has 2 atom stereocenters. The van der Waals surface area contributed by atoms with Crippen molar-refractivity contribution in [2.75, 3.05) is 26.7 Å². The molecule has 1 heterocycles. The summed E-state index contributed by atoms with van der Waals surface area (Å²) >= 11 is 0. The normalized spacial score (nSPS) is 18.6. The highest BCUT2D eigenvalue weighted by Crippen LogP contribution is 2.20. The van der Waals surface area contributed by atoms with Crippen LogP contribution in [-0.4, -0.2) is 49.6 Å². The SMILES string of the molecule is CCCCCCN1C[C@@H](NCc2ccc(OC)cc2)C[C@H]1C(=O)NCCc1ccccc1. The first-order valence-corrected chi connectivity index (χ1v) is 12.1. The van der Waals surface area contributed by atoms with E-state index in [0.717, 1.165) is 44.6 Å². The summed E-state index contributed by atoms with van der Waals surface area (Å²) in [6, 6.07) is 18.8. The largest absolute Gasteiger partial charge is 0.497 e. The topological polar surface area (TPSA) is 53.6 Å². The summed E-state index contributed by atoms with van der Waals surface area (Å²) < 4.78 is 5.25. The number of nitrogens with one attached hydrogen (secondary N) is 2. The van der Waals surface area contributed by atoms with Crippen molar-refractivity contribution in [1.29, 1.82) is 0 Å². The van der Waals surface area contributed by atoms with Crippen molar-refractivity contribution in [2.24, 2.45) is 0 Å². The molecule has 2 aromatic carbocycles. The molecule has 1 fully saturated rings. The van der Waals surface area contributed by atoms with Crippen molar-refractivity contribution in [3.8, 4) is 5.75 Å². The van der Waals surface area contributed by atoms with Crippen LogP contribution >= 0.6 is 0 Å². The van der Waals surface area contributed by atoms with Crippen LogP contribution in [0.2, 0.25) is 0 Å². The number of carbonyl (C=O) groups is 1. The third kappa shape index (κ3) is 7.64. The number of carbonyl (C=O) groups excluding carboxylic acids is 1. The number of unbranched alkanes of at least 4 members (excludes halogenated alkanes) is 3. The minimum Gasteiger partial charge on any atom is -0.497 e. The fourth-order valence-electron chi connectivity index (χ4n) is 4.41. The van der Waals surface area contributed by atoms with Gasteiger partial charge in [-0.2, -0.15) is 0 Å². The number of methoxy groups -OCH3 is 1. The molecule has 0 aliphatic carbocycles. The Labute approximate surface area is 193 Å². The third-order valence-electron chi connectivity index (χ3n) is 6.31. The Balaban J connectivity index is 1.51. The first kappa shape index (κ1) is 24.3. The zero-order chi connectivity index (χ0) is 22.6. The first-order chi connectivity index (χ1) is 15.7. The second-order valence-electron chi connectivity index (χ2n) is 8.76. The summed E-state index contributed by atoms with van der Waals surface area (Å²) in [5.41, 5.74) is 2.49. The Kier molecular flexibility index (Phi) is 10.0. The van der Waals surface area contributed by atoms with Crippen molar-refractivity contribution in [2.45, 2.75) is 64.1 Å². The second kappa shape index (κ2) is 13.2. The highest BCUT2D eigenvalue weighted by Gasteiger charge is 2.35. The molecule has 1 saturated heterocycles. The van der Waals surface area contributed by atoms with Gasteiger partial charge in [-0.15, -0.1) is 0 Å². The smallest absolute Gasteiger partial charge is 0.237 e. The van der Waals surface area contributed by atoms with Crippen LogP contribution in [0.1, 0.15) is 50.2 Å². The van der Waals surface area contributed by atoms with Crippen LogP contribution in [0.5, 0.6) is 5.75 Å². The van der Waals surface area contributed by atoms with Crippen LogP contribution < -0.4 is 15.4 Å². The molecule has 0 spiro atoms. The van der Waals surface area contributed by atoms with E-state index in [1.54, 1.807) is 7.11 Å². The molecule has 0 saturated carbocycles. The van der Waals surface area contributed by atoms with Crippen LogP contribution in [0.25, 0.3) is 0 Å². The number of likely N-dealkylation sites (tertiary alicyclic amines) is 1. The zero-order valence-electron chi connectivity index (χ0n) is 19.7. The predicted octanol–water partition coefficient (Wildman–Crippen LogP) is 4.17. The fraction of sp³-hybridized carbons (Fsp3) is 0.519. The number of amides is 1. The lowest BCUT2D eigenvalue weighted by atomic mass is 10.1. The maximum Gasteiger partial charge on any atom is 0.237 e. The summed E-state index contributed by atoms with van der Waals surface area (Å²) in [6.07, 6.45) is 6.62. The van der Waals surface area contributed by atoms with E-state index >= 15 is 0 Å². The van der Waals surface area contributed by atoms with Crippen LogP contribution in [0.4, 0.5) is 0 Å². The van der Waals surface area contributed by atoms with E-state index in [4.69, 9.17) is 4.74 Å². The monoisotopic (exact) mass is 437 g/mol. The van der Waals surface area contributed by atoms with E-state index in [1.165, 1.54) is 30.4 Å². The van der Waals surface area contributed by atoms with E-state index < -0.39 is 0 Å². The van der Waals surface area contributed by atoms with Crippen molar-refractivity contribution < 1.29 is 9.53 Å². The van der Waals surface area contributed by atoms with Gasteiger partial charge in [-0.05, 0) is 49.1 Å². The fourth-order valence-corrected chi connectivity index (χ4v) is 4.41. The molecular formula is C27H39N3O2. The molecular weight excluding hydrogens is 398 g/mol. The van der Waals surface area contributed by atoms with Crippen LogP contribution in [0, 0.1) is 0 Å². The molecule has 5 heteroatoms. The number of nitrogens with zero attached hydrogens (tertiary/aromatic N) is 1. The number of ether oxygens (including phenoxy) is 1.